The largest absolute Gasteiger partial charge is 0.504 e. The number of hydrogen-bond acceptors (Lipinski definition) is 6. The van der Waals surface area contributed by atoms with Gasteiger partial charge in [-0.05, 0) is 35.9 Å². The Bertz CT molecular complexity index is 1260. The van der Waals surface area contributed by atoms with Gasteiger partial charge in [0, 0.05) is 22.1 Å². The molecular weight excluding hydrogens is 350 g/mol. The fourth-order valence-electron chi connectivity index (χ4n) is 3.17. The van der Waals surface area contributed by atoms with Gasteiger partial charge in [-0.2, -0.15) is 0 Å². The highest BCUT2D eigenvalue weighted by Gasteiger charge is 2.25. The molecule has 0 radical (unpaired) electrons. The summed E-state index contributed by atoms with van der Waals surface area (Å²) in [6.07, 6.45) is 0. The standard InChI is InChI=1S/C20H13NO6/c21-20(26)10-4-2-1-3-9(10)15-11-5-7-13(22)16(24)18(11)27-19-12(15)6-8-14(23)17(19)25/h1-8,22,24-25H,(H2,21,26). The van der Waals surface area contributed by atoms with Crippen molar-refractivity contribution in [3.63, 3.8) is 0 Å². The SMILES string of the molecule is NC(=O)c1ccccc1-c1c2ccc(=O)c(O)c-2oc2c(O)c(O)ccc12. The average Bonchev–Trinajstić information content (AvgIpc) is 2.66. The summed E-state index contributed by atoms with van der Waals surface area (Å²) in [6, 6.07) is 12.0. The monoisotopic (exact) mass is 363 g/mol. The first kappa shape index (κ1) is 16.5. The lowest BCUT2D eigenvalue weighted by Gasteiger charge is -2.18. The Kier molecular flexibility index (Phi) is 3.52. The van der Waals surface area contributed by atoms with Crippen LogP contribution < -0.4 is 11.2 Å². The molecule has 0 spiro atoms. The van der Waals surface area contributed by atoms with Crippen molar-refractivity contribution in [2.45, 2.75) is 0 Å². The number of hydrogen-bond donors (Lipinski definition) is 4. The molecule has 0 saturated carbocycles. The maximum absolute atomic E-state index is 11.9. The summed E-state index contributed by atoms with van der Waals surface area (Å²) in [5, 5.41) is 30.6. The van der Waals surface area contributed by atoms with Crippen LogP contribution in [-0.2, 0) is 0 Å². The number of carbonyl (C=O) groups is 1. The predicted molar refractivity (Wildman–Crippen MR) is 98.1 cm³/mol. The van der Waals surface area contributed by atoms with Gasteiger partial charge < -0.3 is 25.5 Å². The molecule has 2 aliphatic rings. The molecule has 0 bridgehead atoms. The molecule has 2 aromatic rings. The highest BCUT2D eigenvalue weighted by Crippen LogP contribution is 2.47. The van der Waals surface area contributed by atoms with Gasteiger partial charge in [0.15, 0.2) is 17.1 Å². The zero-order valence-corrected chi connectivity index (χ0v) is 13.8. The number of carbonyl (C=O) groups excluding carboxylic acids is 1. The van der Waals surface area contributed by atoms with Crippen LogP contribution in [-0.4, -0.2) is 21.2 Å². The van der Waals surface area contributed by atoms with E-state index in [0.29, 0.717) is 22.1 Å². The Morgan fingerprint density at radius 2 is 1.63 bits per heavy atom. The van der Waals surface area contributed by atoms with E-state index in [4.69, 9.17) is 10.2 Å². The molecule has 1 aliphatic carbocycles. The molecule has 134 valence electrons. The molecule has 27 heavy (non-hydrogen) atoms. The molecule has 7 heteroatoms. The van der Waals surface area contributed by atoms with Gasteiger partial charge in [0.1, 0.15) is 0 Å². The molecule has 0 aromatic heterocycles. The third kappa shape index (κ3) is 2.36. The van der Waals surface area contributed by atoms with Gasteiger partial charge in [-0.15, -0.1) is 0 Å². The fraction of sp³-hybridized carbons (Fsp3) is 0. The van der Waals surface area contributed by atoms with Crippen LogP contribution in [0.2, 0.25) is 0 Å². The summed E-state index contributed by atoms with van der Waals surface area (Å²) in [5.41, 5.74) is 6.10. The minimum Gasteiger partial charge on any atom is -0.504 e. The van der Waals surface area contributed by atoms with Crippen molar-refractivity contribution in [1.29, 1.82) is 0 Å². The summed E-state index contributed by atoms with van der Waals surface area (Å²) in [5.74, 6) is -2.47. The van der Waals surface area contributed by atoms with Crippen LogP contribution in [0.1, 0.15) is 10.4 Å². The molecule has 7 nitrogen and oxygen atoms in total. The van der Waals surface area contributed by atoms with E-state index < -0.39 is 28.6 Å². The molecule has 1 amide bonds. The first-order valence-corrected chi connectivity index (χ1v) is 7.92. The maximum atomic E-state index is 11.9. The van der Waals surface area contributed by atoms with Crippen molar-refractivity contribution >= 4 is 16.9 Å². The highest BCUT2D eigenvalue weighted by atomic mass is 16.4. The smallest absolute Gasteiger partial charge is 0.249 e. The van der Waals surface area contributed by atoms with Gasteiger partial charge in [-0.25, -0.2) is 0 Å². The molecule has 0 unspecified atom stereocenters. The molecule has 2 aromatic carbocycles. The van der Waals surface area contributed by atoms with Crippen LogP contribution in [0.5, 0.6) is 17.2 Å². The molecule has 4 rings (SSSR count). The van der Waals surface area contributed by atoms with Crippen molar-refractivity contribution in [1.82, 2.24) is 0 Å². The van der Waals surface area contributed by atoms with Crippen LogP contribution in [0.15, 0.2) is 57.7 Å². The Morgan fingerprint density at radius 1 is 0.889 bits per heavy atom. The zero-order valence-electron chi connectivity index (χ0n) is 13.8. The summed E-state index contributed by atoms with van der Waals surface area (Å²) in [6.45, 7) is 0. The van der Waals surface area contributed by atoms with E-state index in [1.807, 2.05) is 0 Å². The van der Waals surface area contributed by atoms with Crippen molar-refractivity contribution < 1.29 is 24.5 Å². The van der Waals surface area contributed by atoms with Crippen LogP contribution in [0, 0.1) is 0 Å². The second kappa shape index (κ2) is 5.77. The lowest BCUT2D eigenvalue weighted by molar-refractivity contribution is 0.100. The number of rotatable bonds is 2. The second-order valence-electron chi connectivity index (χ2n) is 5.99. The number of benzene rings is 3. The number of fused-ring (bicyclic) bond motifs is 2. The quantitative estimate of drug-likeness (QED) is 0.320. The number of phenolic OH excluding ortho intramolecular Hbond substituents is 3. The molecule has 1 aliphatic heterocycles. The summed E-state index contributed by atoms with van der Waals surface area (Å²) in [7, 11) is 0. The van der Waals surface area contributed by atoms with E-state index in [1.54, 1.807) is 24.3 Å². The Morgan fingerprint density at radius 3 is 2.37 bits per heavy atom. The predicted octanol–water partition coefficient (Wildman–Crippen LogP) is 2.78. The first-order valence-electron chi connectivity index (χ1n) is 7.92. The third-order valence-electron chi connectivity index (χ3n) is 4.41. The van der Waals surface area contributed by atoms with Gasteiger partial charge >= 0.3 is 0 Å². The zero-order chi connectivity index (χ0) is 19.3. The molecule has 5 N–H and O–H groups in total. The molecule has 0 atom stereocenters. The first-order chi connectivity index (χ1) is 12.9. The van der Waals surface area contributed by atoms with E-state index >= 15 is 0 Å². The van der Waals surface area contributed by atoms with E-state index in [-0.39, 0.29) is 16.9 Å². The molecular formula is C20H13NO6. The van der Waals surface area contributed by atoms with E-state index in [9.17, 15) is 24.9 Å². The van der Waals surface area contributed by atoms with E-state index in [1.165, 1.54) is 24.3 Å². The van der Waals surface area contributed by atoms with Crippen molar-refractivity contribution in [2.24, 2.45) is 5.73 Å². The topological polar surface area (TPSA) is 134 Å². The highest BCUT2D eigenvalue weighted by molar-refractivity contribution is 6.10. The van der Waals surface area contributed by atoms with Crippen molar-refractivity contribution in [2.75, 3.05) is 0 Å². The van der Waals surface area contributed by atoms with Crippen LogP contribution in [0.25, 0.3) is 33.4 Å². The summed E-state index contributed by atoms with van der Waals surface area (Å²) < 4.78 is 5.56. The molecule has 1 heterocycles. The Labute approximate surface area is 151 Å². The second-order valence-corrected chi connectivity index (χ2v) is 5.99. The summed E-state index contributed by atoms with van der Waals surface area (Å²) >= 11 is 0. The lowest BCUT2D eigenvalue weighted by Crippen LogP contribution is -2.12. The lowest BCUT2D eigenvalue weighted by atomic mass is 9.90. The summed E-state index contributed by atoms with van der Waals surface area (Å²) in [4.78, 5) is 23.8. The fourth-order valence-corrected chi connectivity index (χ4v) is 3.17. The number of amides is 1. The van der Waals surface area contributed by atoms with Crippen molar-refractivity contribution in [3.05, 3.63) is 64.3 Å². The molecule has 0 saturated heterocycles. The van der Waals surface area contributed by atoms with Crippen LogP contribution in [0.3, 0.4) is 0 Å². The normalized spacial score (nSPS) is 11.1. The number of primary amides is 1. The molecule has 0 fully saturated rings. The third-order valence-corrected chi connectivity index (χ3v) is 4.41. The van der Waals surface area contributed by atoms with Gasteiger partial charge in [0.05, 0.1) is 0 Å². The van der Waals surface area contributed by atoms with Gasteiger partial charge in [0.2, 0.25) is 22.8 Å². The minimum absolute atomic E-state index is 0.141. The van der Waals surface area contributed by atoms with Crippen molar-refractivity contribution in [3.8, 4) is 39.7 Å². The average molecular weight is 363 g/mol. The minimum atomic E-state index is -0.667. The van der Waals surface area contributed by atoms with Gasteiger partial charge in [-0.3, -0.25) is 9.59 Å². The number of nitrogens with two attached hydrogens (primary N) is 1. The van der Waals surface area contributed by atoms with Crippen LogP contribution >= 0.6 is 0 Å². The van der Waals surface area contributed by atoms with Gasteiger partial charge in [0.25, 0.3) is 0 Å². The van der Waals surface area contributed by atoms with Crippen LogP contribution in [0.4, 0.5) is 0 Å². The van der Waals surface area contributed by atoms with Gasteiger partial charge in [-0.1, -0.05) is 18.2 Å². The van der Waals surface area contributed by atoms with E-state index in [2.05, 4.69) is 0 Å². The maximum Gasteiger partial charge on any atom is 0.249 e. The number of phenols is 3. The number of aromatic hydroxyl groups is 3. The Balaban J connectivity index is 2.29. The van der Waals surface area contributed by atoms with E-state index in [0.717, 1.165) is 0 Å². The Hall–Kier alpha value is -4.00.